The standard InChI is InChI=1S/C73H135N2O7P/c1-7-10-13-16-19-22-25-28-30-32-34-36-37-39-40-42-44-47-50-53-56-59-62-65-72(76)74-70(69-81-83(78,79)80-68-67-75(4,5)6)71(64-61-58-55-52-49-46-27-24-21-18-15-12-9-3)82-73(77)66-63-60-57-54-51-48-45-43-41-38-35-33-31-29-26-23-20-17-14-11-8-2/h19,22,28-31,34,36,39-40,61,64,70-71H,7-18,20-21,23-27,32-33,35,37-38,41-60,62-63,65-69H2,1-6H3,(H-,74,76,78,79)/p+1/b22-19-,30-28-,31-29+,36-34-,40-39-,64-61+. The van der Waals surface area contributed by atoms with Gasteiger partial charge in [0.2, 0.25) is 5.91 Å². The van der Waals surface area contributed by atoms with E-state index in [0.29, 0.717) is 17.4 Å². The number of carbonyl (C=O) groups excluding carboxylic acids is 2. The number of allylic oxidation sites excluding steroid dienone is 11. The summed E-state index contributed by atoms with van der Waals surface area (Å²) in [5.74, 6) is -0.509. The van der Waals surface area contributed by atoms with Crippen LogP contribution in [-0.4, -0.2) is 74.3 Å². The number of amides is 1. The zero-order chi connectivity index (χ0) is 60.7. The number of nitrogens with zero attached hydrogens (tertiary/aromatic N) is 1. The van der Waals surface area contributed by atoms with E-state index in [1.807, 2.05) is 33.3 Å². The van der Waals surface area contributed by atoms with Crippen LogP contribution >= 0.6 is 7.82 Å². The van der Waals surface area contributed by atoms with Crippen molar-refractivity contribution in [2.24, 2.45) is 0 Å². The molecule has 0 aliphatic rings. The molecular weight excluding hydrogens is 1050 g/mol. The van der Waals surface area contributed by atoms with E-state index in [-0.39, 0.29) is 31.5 Å². The maximum absolute atomic E-state index is 13.6. The Morgan fingerprint density at radius 1 is 0.422 bits per heavy atom. The predicted octanol–water partition coefficient (Wildman–Crippen LogP) is 22.3. The molecule has 0 saturated carbocycles. The van der Waals surface area contributed by atoms with Crippen molar-refractivity contribution < 1.29 is 37.3 Å². The third-order valence-corrected chi connectivity index (χ3v) is 16.6. The molecule has 0 spiro atoms. The second-order valence-corrected chi connectivity index (χ2v) is 26.5. The number of phosphoric ester groups is 1. The number of carbonyl (C=O) groups is 2. The van der Waals surface area contributed by atoms with Gasteiger partial charge in [0.05, 0.1) is 33.8 Å². The molecule has 1 amide bonds. The van der Waals surface area contributed by atoms with Gasteiger partial charge in [-0.15, -0.1) is 0 Å². The molecule has 0 aliphatic carbocycles. The monoisotopic (exact) mass is 1180 g/mol. The van der Waals surface area contributed by atoms with E-state index in [4.69, 9.17) is 13.8 Å². The minimum atomic E-state index is -4.46. The Bertz CT molecular complexity index is 1650. The molecule has 2 N–H and O–H groups in total. The van der Waals surface area contributed by atoms with Crippen LogP contribution in [-0.2, 0) is 27.9 Å². The first-order valence-electron chi connectivity index (χ1n) is 35.3. The van der Waals surface area contributed by atoms with Crippen molar-refractivity contribution >= 4 is 19.7 Å². The molecule has 0 rings (SSSR count). The number of nitrogens with one attached hydrogen (secondary N) is 1. The molecule has 3 unspecified atom stereocenters. The summed E-state index contributed by atoms with van der Waals surface area (Å²) < 4.78 is 30.8. The van der Waals surface area contributed by atoms with Crippen LogP contribution < -0.4 is 5.32 Å². The van der Waals surface area contributed by atoms with Gasteiger partial charge in [0.1, 0.15) is 19.3 Å². The maximum atomic E-state index is 13.6. The van der Waals surface area contributed by atoms with E-state index in [1.54, 1.807) is 0 Å². The summed E-state index contributed by atoms with van der Waals surface area (Å²) in [5, 5.41) is 3.07. The lowest BCUT2D eigenvalue weighted by molar-refractivity contribution is -0.870. The second-order valence-electron chi connectivity index (χ2n) is 25.0. The van der Waals surface area contributed by atoms with Gasteiger partial charge in [-0.2, -0.15) is 0 Å². The highest BCUT2D eigenvalue weighted by molar-refractivity contribution is 7.47. The molecule has 0 aromatic carbocycles. The maximum Gasteiger partial charge on any atom is 0.472 e. The molecule has 0 fully saturated rings. The first-order chi connectivity index (χ1) is 40.4. The van der Waals surface area contributed by atoms with Crippen LogP contribution in [0.5, 0.6) is 0 Å². The average Bonchev–Trinajstić information content (AvgIpc) is 3.46. The molecule has 9 nitrogen and oxygen atoms in total. The van der Waals surface area contributed by atoms with Gasteiger partial charge in [-0.25, -0.2) is 4.57 Å². The lowest BCUT2D eigenvalue weighted by Gasteiger charge is -2.27. The highest BCUT2D eigenvalue weighted by Gasteiger charge is 2.30. The molecule has 83 heavy (non-hydrogen) atoms. The summed E-state index contributed by atoms with van der Waals surface area (Å²) in [4.78, 5) is 37.9. The number of hydrogen-bond acceptors (Lipinski definition) is 6. The van der Waals surface area contributed by atoms with Crippen LogP contribution in [0.3, 0.4) is 0 Å². The first kappa shape index (κ1) is 80.5. The Kier molecular flexibility index (Phi) is 60.6. The molecule has 0 aromatic heterocycles. The van der Waals surface area contributed by atoms with Crippen molar-refractivity contribution in [3.63, 3.8) is 0 Å². The second kappa shape index (κ2) is 62.5. The fourth-order valence-electron chi connectivity index (χ4n) is 10.2. The molecular formula is C73H136N2O7P+. The summed E-state index contributed by atoms with van der Waals surface area (Å²) in [6.07, 6.45) is 81.9. The van der Waals surface area contributed by atoms with Crippen LogP contribution in [0.1, 0.15) is 329 Å². The minimum absolute atomic E-state index is 0.0364. The fraction of sp³-hybridized carbons (Fsp3) is 0.808. The average molecular weight is 1180 g/mol. The molecule has 0 heterocycles. The summed E-state index contributed by atoms with van der Waals surface area (Å²) in [6.45, 7) is 7.01. The first-order valence-corrected chi connectivity index (χ1v) is 36.8. The van der Waals surface area contributed by atoms with Crippen molar-refractivity contribution in [3.05, 3.63) is 72.9 Å². The van der Waals surface area contributed by atoms with Crippen LogP contribution in [0.15, 0.2) is 72.9 Å². The van der Waals surface area contributed by atoms with Crippen molar-refractivity contribution in [1.82, 2.24) is 5.32 Å². The van der Waals surface area contributed by atoms with E-state index in [2.05, 4.69) is 86.8 Å². The van der Waals surface area contributed by atoms with Gasteiger partial charge in [-0.1, -0.05) is 287 Å². The Balaban J connectivity index is 5.16. The largest absolute Gasteiger partial charge is 0.472 e. The molecule has 0 aromatic rings. The van der Waals surface area contributed by atoms with Gasteiger partial charge in [-0.05, 0) is 102 Å². The molecule has 0 bridgehead atoms. The van der Waals surface area contributed by atoms with Gasteiger partial charge in [0.15, 0.2) is 0 Å². The number of quaternary nitrogens is 1. The zero-order valence-electron chi connectivity index (χ0n) is 55.4. The highest BCUT2D eigenvalue weighted by atomic mass is 31.2. The topological polar surface area (TPSA) is 111 Å². The van der Waals surface area contributed by atoms with Crippen LogP contribution in [0.25, 0.3) is 0 Å². The summed E-state index contributed by atoms with van der Waals surface area (Å²) in [5.41, 5.74) is 0. The molecule has 3 atom stereocenters. The normalized spacial score (nSPS) is 14.0. The molecule has 484 valence electrons. The number of ether oxygens (including phenoxy) is 1. The molecule has 0 saturated heterocycles. The Hall–Kier alpha value is -2.55. The van der Waals surface area contributed by atoms with Gasteiger partial charge in [0, 0.05) is 12.8 Å². The molecule has 10 heteroatoms. The van der Waals surface area contributed by atoms with Gasteiger partial charge in [0.25, 0.3) is 0 Å². The van der Waals surface area contributed by atoms with Gasteiger partial charge in [-0.3, -0.25) is 18.6 Å². The van der Waals surface area contributed by atoms with E-state index in [1.165, 1.54) is 205 Å². The van der Waals surface area contributed by atoms with Crippen LogP contribution in [0.2, 0.25) is 0 Å². The highest BCUT2D eigenvalue weighted by Crippen LogP contribution is 2.43. The number of esters is 1. The summed E-state index contributed by atoms with van der Waals surface area (Å²) in [7, 11) is 1.49. The zero-order valence-corrected chi connectivity index (χ0v) is 56.3. The van der Waals surface area contributed by atoms with E-state index >= 15 is 0 Å². The Labute approximate surface area is 514 Å². The van der Waals surface area contributed by atoms with Crippen LogP contribution in [0, 0.1) is 0 Å². The number of unbranched alkanes of at least 4 members (excludes halogenated alkanes) is 38. The molecule has 0 aliphatic heterocycles. The quantitative estimate of drug-likeness (QED) is 0.0205. The number of rotatable bonds is 64. The molecule has 0 radical (unpaired) electrons. The lowest BCUT2D eigenvalue weighted by Crippen LogP contribution is -2.47. The van der Waals surface area contributed by atoms with Crippen molar-refractivity contribution in [1.29, 1.82) is 0 Å². The van der Waals surface area contributed by atoms with Crippen LogP contribution in [0.4, 0.5) is 0 Å². The Morgan fingerprint density at radius 3 is 1.13 bits per heavy atom. The van der Waals surface area contributed by atoms with Crippen molar-refractivity contribution in [3.8, 4) is 0 Å². The van der Waals surface area contributed by atoms with E-state index in [9.17, 15) is 19.0 Å². The lowest BCUT2D eigenvalue weighted by atomic mass is 10.0. The number of phosphoric acid groups is 1. The third kappa shape index (κ3) is 63.8. The van der Waals surface area contributed by atoms with E-state index in [0.717, 1.165) is 89.9 Å². The summed E-state index contributed by atoms with van der Waals surface area (Å²) >= 11 is 0. The third-order valence-electron chi connectivity index (χ3n) is 15.6. The number of likely N-dealkylation sites (N-methyl/N-ethyl adjacent to an activating group) is 1. The SMILES string of the molecule is CCCCC/C=C\C/C=C\C/C=C\C/C=C\CCCCCCCCCC(=O)NC(COP(=O)(O)OCC[N+](C)(C)C)C(/C=C/CCCCCCCCCCCCC)OC(=O)CCCCCCCCCCCCC/C=C/CCCCCCCC. The van der Waals surface area contributed by atoms with Gasteiger partial charge >= 0.3 is 13.8 Å². The smallest absolute Gasteiger partial charge is 0.456 e. The van der Waals surface area contributed by atoms with Gasteiger partial charge < -0.3 is 19.4 Å². The van der Waals surface area contributed by atoms with E-state index < -0.39 is 20.0 Å². The Morgan fingerprint density at radius 2 is 0.735 bits per heavy atom. The predicted molar refractivity (Wildman–Crippen MR) is 360 cm³/mol. The fourth-order valence-corrected chi connectivity index (χ4v) is 10.9. The van der Waals surface area contributed by atoms with Crippen molar-refractivity contribution in [2.75, 3.05) is 40.9 Å². The van der Waals surface area contributed by atoms with Crippen molar-refractivity contribution in [2.45, 2.75) is 341 Å². The number of hydrogen-bond donors (Lipinski definition) is 2. The summed E-state index contributed by atoms with van der Waals surface area (Å²) in [6, 6.07) is -0.858. The minimum Gasteiger partial charge on any atom is -0.456 e.